The second-order valence-corrected chi connectivity index (χ2v) is 6.39. The largest absolute Gasteiger partial charge is 0.368 e. The van der Waals surface area contributed by atoms with E-state index in [-0.39, 0.29) is 23.7 Å². The van der Waals surface area contributed by atoms with Crippen molar-refractivity contribution < 1.29 is 13.3 Å². The molecule has 9 heteroatoms. The van der Waals surface area contributed by atoms with Gasteiger partial charge < -0.3 is 10.3 Å². The minimum atomic E-state index is -3.13. The van der Waals surface area contributed by atoms with Gasteiger partial charge in [0.1, 0.15) is 21.2 Å². The van der Waals surface area contributed by atoms with Gasteiger partial charge in [0.25, 0.3) is 0 Å². The molecule has 8 nitrogen and oxygen atoms in total. The number of sulfone groups is 1. The lowest BCUT2D eigenvalue weighted by Crippen LogP contribution is -2.26. The Hall–Kier alpha value is -1.87. The Kier molecular flexibility index (Phi) is 4.67. The summed E-state index contributed by atoms with van der Waals surface area (Å²) in [6.07, 6.45) is 1.12. The summed E-state index contributed by atoms with van der Waals surface area (Å²) in [5, 5.41) is 11.1. The van der Waals surface area contributed by atoms with Crippen LogP contribution in [0.3, 0.4) is 0 Å². The number of hydrogen-bond acceptors (Lipinski definition) is 7. The first-order valence-electron chi connectivity index (χ1n) is 5.39. The number of nitrogen functional groups attached to an aromatic ring is 1. The quantitative estimate of drug-likeness (QED) is 0.440. The normalized spacial score (nSPS) is 11.1. The topological polar surface area (TPSA) is 119 Å². The van der Waals surface area contributed by atoms with Crippen LogP contribution >= 0.6 is 0 Å². The van der Waals surface area contributed by atoms with Gasteiger partial charge in [-0.1, -0.05) is 6.07 Å². The molecule has 0 saturated carbocycles. The van der Waals surface area contributed by atoms with Gasteiger partial charge in [0, 0.05) is 19.8 Å². The molecular formula is C10H16N4O4S. The van der Waals surface area contributed by atoms with Gasteiger partial charge in [-0.25, -0.2) is 8.42 Å². The van der Waals surface area contributed by atoms with Crippen LogP contribution < -0.4 is 16.2 Å². The lowest BCUT2D eigenvalue weighted by molar-refractivity contribution is -0.383. The molecule has 0 unspecified atom stereocenters. The zero-order chi connectivity index (χ0) is 14.6. The van der Waals surface area contributed by atoms with Crippen molar-refractivity contribution in [2.75, 3.05) is 35.9 Å². The fourth-order valence-corrected chi connectivity index (χ4v) is 2.18. The Bertz CT molecular complexity index is 573. The molecule has 1 aromatic carbocycles. The van der Waals surface area contributed by atoms with Crippen molar-refractivity contribution >= 4 is 26.9 Å². The Morgan fingerprint density at radius 3 is 2.58 bits per heavy atom. The number of nitrogens with two attached hydrogens (primary N) is 1. The number of hydrazine groups is 1. The number of hydrogen-bond donors (Lipinski definition) is 2. The van der Waals surface area contributed by atoms with Gasteiger partial charge in [0.15, 0.2) is 0 Å². The molecule has 0 aliphatic carbocycles. The standard InChI is InChI=1S/C10H16N4O4S/c1-13(6-7-19(2,17)18)9-5-3-4-8(12-11)10(9)14(15)16/h3-5,12H,6-7,11H2,1-2H3. The Morgan fingerprint density at radius 1 is 1.47 bits per heavy atom. The first kappa shape index (κ1) is 15.2. The average Bonchev–Trinajstić information content (AvgIpc) is 2.33. The number of rotatable bonds is 6. The highest BCUT2D eigenvalue weighted by atomic mass is 32.2. The summed E-state index contributed by atoms with van der Waals surface area (Å²) in [7, 11) is -1.54. The highest BCUT2D eigenvalue weighted by Crippen LogP contribution is 2.34. The Morgan fingerprint density at radius 2 is 2.11 bits per heavy atom. The summed E-state index contributed by atoms with van der Waals surface area (Å²) in [6, 6.07) is 4.63. The third-order valence-corrected chi connectivity index (χ3v) is 3.49. The van der Waals surface area contributed by atoms with Crippen molar-refractivity contribution in [3.05, 3.63) is 28.3 Å². The van der Waals surface area contributed by atoms with Crippen LogP contribution in [0.25, 0.3) is 0 Å². The Balaban J connectivity index is 3.09. The number of anilines is 2. The van der Waals surface area contributed by atoms with E-state index in [1.165, 1.54) is 11.0 Å². The zero-order valence-corrected chi connectivity index (χ0v) is 11.5. The second-order valence-electron chi connectivity index (χ2n) is 4.13. The lowest BCUT2D eigenvalue weighted by atomic mass is 10.2. The molecule has 106 valence electrons. The van der Waals surface area contributed by atoms with E-state index in [2.05, 4.69) is 5.43 Å². The molecule has 0 heterocycles. The van der Waals surface area contributed by atoms with Crippen molar-refractivity contribution in [1.82, 2.24) is 0 Å². The van der Waals surface area contributed by atoms with E-state index in [1.54, 1.807) is 19.2 Å². The maximum atomic E-state index is 11.1. The first-order valence-corrected chi connectivity index (χ1v) is 7.45. The fraction of sp³-hybridized carbons (Fsp3) is 0.400. The molecule has 0 aliphatic heterocycles. The lowest BCUT2D eigenvalue weighted by Gasteiger charge is -2.19. The highest BCUT2D eigenvalue weighted by molar-refractivity contribution is 7.90. The minimum Gasteiger partial charge on any atom is -0.368 e. The highest BCUT2D eigenvalue weighted by Gasteiger charge is 2.22. The van der Waals surface area contributed by atoms with Crippen molar-refractivity contribution in [3.63, 3.8) is 0 Å². The van der Waals surface area contributed by atoms with Crippen LogP contribution in [0.2, 0.25) is 0 Å². The molecule has 0 amide bonds. The van der Waals surface area contributed by atoms with Gasteiger partial charge in [-0.05, 0) is 12.1 Å². The number of nitro groups is 1. The van der Waals surface area contributed by atoms with Crippen LogP contribution in [0, 0.1) is 10.1 Å². The molecule has 0 bridgehead atoms. The van der Waals surface area contributed by atoms with Crippen LogP contribution in [-0.2, 0) is 9.84 Å². The molecule has 0 saturated heterocycles. The summed E-state index contributed by atoms with van der Waals surface area (Å²) in [4.78, 5) is 12.0. The van der Waals surface area contributed by atoms with Crippen LogP contribution in [0.4, 0.5) is 17.1 Å². The molecule has 3 N–H and O–H groups in total. The van der Waals surface area contributed by atoms with Crippen molar-refractivity contribution in [3.8, 4) is 0 Å². The molecule has 0 spiro atoms. The number of nitro benzene ring substituents is 1. The van der Waals surface area contributed by atoms with Crippen molar-refractivity contribution in [2.45, 2.75) is 0 Å². The van der Waals surface area contributed by atoms with Gasteiger partial charge >= 0.3 is 5.69 Å². The number of para-hydroxylation sites is 1. The van der Waals surface area contributed by atoms with Crippen LogP contribution in [0.1, 0.15) is 0 Å². The summed E-state index contributed by atoms with van der Waals surface area (Å²) in [5.41, 5.74) is 2.56. The van der Waals surface area contributed by atoms with Crippen LogP contribution in [0.15, 0.2) is 18.2 Å². The third kappa shape index (κ3) is 4.07. The zero-order valence-electron chi connectivity index (χ0n) is 10.7. The van der Waals surface area contributed by atoms with Gasteiger partial charge in [0.2, 0.25) is 0 Å². The van der Waals surface area contributed by atoms with E-state index in [0.717, 1.165) is 6.26 Å². The predicted octanol–water partition coefficient (Wildman–Crippen LogP) is 0.361. The molecule has 0 fully saturated rings. The van der Waals surface area contributed by atoms with E-state index < -0.39 is 14.8 Å². The summed E-state index contributed by atoms with van der Waals surface area (Å²) >= 11 is 0. The summed E-state index contributed by atoms with van der Waals surface area (Å²) in [6.45, 7) is 0.160. The van der Waals surface area contributed by atoms with Crippen molar-refractivity contribution in [2.24, 2.45) is 5.84 Å². The Labute approximate surface area is 111 Å². The van der Waals surface area contributed by atoms with Gasteiger partial charge in [-0.15, -0.1) is 0 Å². The minimum absolute atomic E-state index is 0.0824. The summed E-state index contributed by atoms with van der Waals surface area (Å²) < 4.78 is 22.2. The molecule has 0 aromatic heterocycles. The van der Waals surface area contributed by atoms with Gasteiger partial charge in [0.05, 0.1) is 10.7 Å². The van der Waals surface area contributed by atoms with Gasteiger partial charge in [-0.3, -0.25) is 16.0 Å². The average molecular weight is 288 g/mol. The van der Waals surface area contributed by atoms with Crippen LogP contribution in [-0.4, -0.2) is 38.9 Å². The number of nitrogens with zero attached hydrogens (tertiary/aromatic N) is 2. The van der Waals surface area contributed by atoms with E-state index in [1.807, 2.05) is 0 Å². The second kappa shape index (κ2) is 5.85. The van der Waals surface area contributed by atoms with Gasteiger partial charge in [-0.2, -0.15) is 0 Å². The molecule has 0 aliphatic rings. The molecule has 19 heavy (non-hydrogen) atoms. The third-order valence-electron chi connectivity index (χ3n) is 2.56. The smallest absolute Gasteiger partial charge is 0.316 e. The summed E-state index contributed by atoms with van der Waals surface area (Å²) in [5.74, 6) is 5.15. The molecule has 1 rings (SSSR count). The number of nitrogens with one attached hydrogen (secondary N) is 1. The van der Waals surface area contributed by atoms with Crippen LogP contribution in [0.5, 0.6) is 0 Å². The maximum absolute atomic E-state index is 11.1. The molecule has 1 aromatic rings. The molecule has 0 radical (unpaired) electrons. The van der Waals surface area contributed by atoms with E-state index in [4.69, 9.17) is 5.84 Å². The van der Waals surface area contributed by atoms with E-state index in [0.29, 0.717) is 5.69 Å². The van der Waals surface area contributed by atoms with E-state index in [9.17, 15) is 18.5 Å². The monoisotopic (exact) mass is 288 g/mol. The first-order chi connectivity index (χ1) is 8.76. The maximum Gasteiger partial charge on any atom is 0.316 e. The molecular weight excluding hydrogens is 272 g/mol. The fourth-order valence-electron chi connectivity index (χ4n) is 1.57. The van der Waals surface area contributed by atoms with E-state index >= 15 is 0 Å². The molecule has 0 atom stereocenters. The SMILES string of the molecule is CN(CCS(C)(=O)=O)c1cccc(NN)c1[N+](=O)[O-]. The van der Waals surface area contributed by atoms with Crippen molar-refractivity contribution in [1.29, 1.82) is 0 Å². The predicted molar refractivity (Wildman–Crippen MR) is 73.9 cm³/mol. The number of benzene rings is 1.